The van der Waals surface area contributed by atoms with Crippen molar-refractivity contribution in [3.63, 3.8) is 0 Å². The number of carbonyl (C=O) groups excluding carboxylic acids is 1. The van der Waals surface area contributed by atoms with Gasteiger partial charge in [0.05, 0.1) is 19.8 Å². The summed E-state index contributed by atoms with van der Waals surface area (Å²) >= 11 is 0. The van der Waals surface area contributed by atoms with E-state index in [2.05, 4.69) is 0 Å². The molecule has 1 aliphatic heterocycles. The molecule has 1 rings (SSSR count). The third-order valence-corrected chi connectivity index (χ3v) is 3.60. The number of nitrogens with zero attached hydrogens (tertiary/aromatic N) is 2. The zero-order valence-corrected chi connectivity index (χ0v) is 12.1. The SMILES string of the molecule is COCCN(CCO)CC(=O)N1CCCCCCC1. The Kier molecular flexibility index (Phi) is 8.79. The third kappa shape index (κ3) is 6.89. The number of amides is 1. The molecule has 0 aromatic rings. The van der Waals surface area contributed by atoms with Gasteiger partial charge in [0.2, 0.25) is 5.91 Å². The molecule has 112 valence electrons. The fraction of sp³-hybridized carbons (Fsp3) is 0.929. The first-order chi connectivity index (χ1) is 9.27. The minimum atomic E-state index is 0.0804. The van der Waals surface area contributed by atoms with E-state index < -0.39 is 0 Å². The second-order valence-electron chi connectivity index (χ2n) is 5.14. The molecule has 1 N–H and O–H groups in total. The summed E-state index contributed by atoms with van der Waals surface area (Å²) in [6.45, 7) is 4.06. The largest absolute Gasteiger partial charge is 0.395 e. The summed E-state index contributed by atoms with van der Waals surface area (Å²) in [6.07, 6.45) is 5.99. The van der Waals surface area contributed by atoms with E-state index in [0.717, 1.165) is 25.9 Å². The molecular weight excluding hydrogens is 244 g/mol. The molecule has 0 radical (unpaired) electrons. The summed E-state index contributed by atoms with van der Waals surface area (Å²) < 4.78 is 5.03. The van der Waals surface area contributed by atoms with Crippen LogP contribution in [0.4, 0.5) is 0 Å². The van der Waals surface area contributed by atoms with Gasteiger partial charge in [0, 0.05) is 33.3 Å². The molecule has 1 fully saturated rings. The number of rotatable bonds is 7. The van der Waals surface area contributed by atoms with Gasteiger partial charge in [-0.2, -0.15) is 0 Å². The van der Waals surface area contributed by atoms with Crippen molar-refractivity contribution < 1.29 is 14.6 Å². The van der Waals surface area contributed by atoms with E-state index in [1.165, 1.54) is 19.3 Å². The van der Waals surface area contributed by atoms with E-state index in [1.807, 2.05) is 9.80 Å². The Balaban J connectivity index is 2.39. The summed E-state index contributed by atoms with van der Waals surface area (Å²) in [7, 11) is 1.65. The summed E-state index contributed by atoms with van der Waals surface area (Å²) in [4.78, 5) is 16.2. The highest BCUT2D eigenvalue weighted by Gasteiger charge is 2.17. The van der Waals surface area contributed by atoms with Gasteiger partial charge in [-0.25, -0.2) is 0 Å². The van der Waals surface area contributed by atoms with Crippen molar-refractivity contribution in [2.75, 3.05) is 53.0 Å². The molecule has 5 heteroatoms. The first-order valence-corrected chi connectivity index (χ1v) is 7.38. The van der Waals surface area contributed by atoms with Crippen molar-refractivity contribution in [1.82, 2.24) is 9.80 Å². The average molecular weight is 272 g/mol. The molecule has 0 aliphatic carbocycles. The molecule has 0 aromatic carbocycles. The molecule has 1 saturated heterocycles. The van der Waals surface area contributed by atoms with Crippen molar-refractivity contribution in [3.8, 4) is 0 Å². The molecule has 1 aliphatic rings. The number of aliphatic hydroxyl groups excluding tert-OH is 1. The quantitative estimate of drug-likeness (QED) is 0.742. The zero-order chi connectivity index (χ0) is 13.9. The number of hydrogen-bond acceptors (Lipinski definition) is 4. The Labute approximate surface area is 116 Å². The van der Waals surface area contributed by atoms with Crippen molar-refractivity contribution in [1.29, 1.82) is 0 Å². The van der Waals surface area contributed by atoms with Gasteiger partial charge in [-0.1, -0.05) is 19.3 Å². The van der Waals surface area contributed by atoms with E-state index in [-0.39, 0.29) is 12.5 Å². The molecule has 0 atom stereocenters. The first-order valence-electron chi connectivity index (χ1n) is 7.38. The van der Waals surface area contributed by atoms with Gasteiger partial charge in [0.1, 0.15) is 0 Å². The van der Waals surface area contributed by atoms with Crippen LogP contribution in [0.1, 0.15) is 32.1 Å². The maximum Gasteiger partial charge on any atom is 0.236 e. The molecule has 0 unspecified atom stereocenters. The van der Waals surface area contributed by atoms with Gasteiger partial charge in [-0.05, 0) is 12.8 Å². The Morgan fingerprint density at radius 1 is 1.16 bits per heavy atom. The Hall–Kier alpha value is -0.650. The van der Waals surface area contributed by atoms with E-state index in [1.54, 1.807) is 7.11 Å². The molecular formula is C14H28N2O3. The van der Waals surface area contributed by atoms with Gasteiger partial charge in [0.15, 0.2) is 0 Å². The van der Waals surface area contributed by atoms with Crippen LogP contribution in [0.25, 0.3) is 0 Å². The minimum absolute atomic E-state index is 0.0804. The molecule has 0 spiro atoms. The highest BCUT2D eigenvalue weighted by atomic mass is 16.5. The predicted octanol–water partition coefficient (Wildman–Crippen LogP) is 0.720. The van der Waals surface area contributed by atoms with Gasteiger partial charge in [-0.15, -0.1) is 0 Å². The van der Waals surface area contributed by atoms with Crippen LogP contribution >= 0.6 is 0 Å². The Morgan fingerprint density at radius 2 is 1.79 bits per heavy atom. The molecule has 1 heterocycles. The van der Waals surface area contributed by atoms with E-state index in [9.17, 15) is 4.79 Å². The second kappa shape index (κ2) is 10.2. The topological polar surface area (TPSA) is 53.0 Å². The van der Waals surface area contributed by atoms with Crippen LogP contribution in [0, 0.1) is 0 Å². The van der Waals surface area contributed by atoms with Crippen molar-refractivity contribution in [2.45, 2.75) is 32.1 Å². The maximum atomic E-state index is 12.3. The summed E-state index contributed by atoms with van der Waals surface area (Å²) in [6, 6.07) is 0. The van der Waals surface area contributed by atoms with Gasteiger partial charge in [0.25, 0.3) is 0 Å². The van der Waals surface area contributed by atoms with Crippen LogP contribution in [-0.2, 0) is 9.53 Å². The van der Waals surface area contributed by atoms with Gasteiger partial charge in [-0.3, -0.25) is 9.69 Å². The average Bonchev–Trinajstić information content (AvgIpc) is 2.35. The molecule has 19 heavy (non-hydrogen) atoms. The van der Waals surface area contributed by atoms with Crippen LogP contribution < -0.4 is 0 Å². The second-order valence-corrected chi connectivity index (χ2v) is 5.14. The molecule has 1 amide bonds. The Morgan fingerprint density at radius 3 is 2.37 bits per heavy atom. The standard InChI is InChI=1S/C14H28N2O3/c1-19-12-10-15(9-11-17)13-14(18)16-7-5-3-2-4-6-8-16/h17H,2-13H2,1H3. The monoisotopic (exact) mass is 272 g/mol. The third-order valence-electron chi connectivity index (χ3n) is 3.60. The zero-order valence-electron chi connectivity index (χ0n) is 12.1. The van der Waals surface area contributed by atoms with Crippen LogP contribution in [0.3, 0.4) is 0 Å². The lowest BCUT2D eigenvalue weighted by molar-refractivity contribution is -0.133. The number of likely N-dealkylation sites (tertiary alicyclic amines) is 1. The molecule has 0 saturated carbocycles. The van der Waals surface area contributed by atoms with E-state index in [4.69, 9.17) is 9.84 Å². The molecule has 5 nitrogen and oxygen atoms in total. The normalized spacial score (nSPS) is 17.3. The maximum absolute atomic E-state index is 12.3. The van der Waals surface area contributed by atoms with Crippen LogP contribution in [0.15, 0.2) is 0 Å². The van der Waals surface area contributed by atoms with Crippen LogP contribution in [0.5, 0.6) is 0 Å². The van der Waals surface area contributed by atoms with Crippen LogP contribution in [-0.4, -0.2) is 73.9 Å². The smallest absolute Gasteiger partial charge is 0.236 e. The summed E-state index contributed by atoms with van der Waals surface area (Å²) in [5.41, 5.74) is 0. The Bertz CT molecular complexity index is 241. The van der Waals surface area contributed by atoms with E-state index in [0.29, 0.717) is 26.2 Å². The number of ether oxygens (including phenoxy) is 1. The number of aliphatic hydroxyl groups is 1. The van der Waals surface area contributed by atoms with Crippen molar-refractivity contribution >= 4 is 5.91 Å². The predicted molar refractivity (Wildman–Crippen MR) is 75.1 cm³/mol. The van der Waals surface area contributed by atoms with E-state index >= 15 is 0 Å². The minimum Gasteiger partial charge on any atom is -0.395 e. The first kappa shape index (κ1) is 16.4. The molecule has 0 aromatic heterocycles. The fourth-order valence-electron chi connectivity index (χ4n) is 2.42. The highest BCUT2D eigenvalue weighted by Crippen LogP contribution is 2.10. The lowest BCUT2D eigenvalue weighted by Crippen LogP contribution is -2.43. The number of methoxy groups -OCH3 is 1. The summed E-state index contributed by atoms with van der Waals surface area (Å²) in [5, 5.41) is 9.03. The molecule has 0 bridgehead atoms. The van der Waals surface area contributed by atoms with Crippen LogP contribution in [0.2, 0.25) is 0 Å². The van der Waals surface area contributed by atoms with Crippen molar-refractivity contribution in [2.24, 2.45) is 0 Å². The lowest BCUT2D eigenvalue weighted by atomic mass is 10.1. The number of hydrogen-bond donors (Lipinski definition) is 1. The summed E-state index contributed by atoms with van der Waals surface area (Å²) in [5.74, 6) is 0.187. The number of carbonyl (C=O) groups is 1. The fourth-order valence-corrected chi connectivity index (χ4v) is 2.42. The van der Waals surface area contributed by atoms with Gasteiger partial charge >= 0.3 is 0 Å². The lowest BCUT2D eigenvalue weighted by Gasteiger charge is -2.28. The van der Waals surface area contributed by atoms with Gasteiger partial charge < -0.3 is 14.7 Å². The van der Waals surface area contributed by atoms with Crippen molar-refractivity contribution in [3.05, 3.63) is 0 Å². The highest BCUT2D eigenvalue weighted by molar-refractivity contribution is 5.78.